The first kappa shape index (κ1) is 13.1. The predicted octanol–water partition coefficient (Wildman–Crippen LogP) is -0.549. The SMILES string of the molecule is O=C(N[C@@H]1CS(=O)(=O)C[C@H]1O)c1nc2ccccc2[nH]1. The Morgan fingerprint density at radius 2 is 2.10 bits per heavy atom. The molecule has 1 fully saturated rings. The van der Waals surface area contributed by atoms with E-state index in [2.05, 4.69) is 15.3 Å². The van der Waals surface area contributed by atoms with Crippen molar-refractivity contribution in [1.29, 1.82) is 0 Å². The summed E-state index contributed by atoms with van der Waals surface area (Å²) in [5.74, 6) is -0.997. The predicted molar refractivity (Wildman–Crippen MR) is 72.0 cm³/mol. The van der Waals surface area contributed by atoms with Gasteiger partial charge in [-0.25, -0.2) is 13.4 Å². The van der Waals surface area contributed by atoms with Gasteiger partial charge in [-0.05, 0) is 12.1 Å². The van der Waals surface area contributed by atoms with Crippen molar-refractivity contribution in [2.45, 2.75) is 12.1 Å². The maximum atomic E-state index is 12.0. The van der Waals surface area contributed by atoms with Crippen LogP contribution in [0, 0.1) is 0 Å². The number of hydrogen-bond acceptors (Lipinski definition) is 5. The van der Waals surface area contributed by atoms with Gasteiger partial charge in [0, 0.05) is 0 Å². The zero-order valence-corrected chi connectivity index (χ0v) is 11.2. The number of carbonyl (C=O) groups is 1. The number of nitrogens with one attached hydrogen (secondary N) is 2. The number of H-pyrrole nitrogens is 1. The monoisotopic (exact) mass is 295 g/mol. The average Bonchev–Trinajstić information content (AvgIpc) is 2.90. The Hall–Kier alpha value is -1.93. The van der Waals surface area contributed by atoms with Gasteiger partial charge in [-0.1, -0.05) is 12.1 Å². The number of imidazole rings is 1. The van der Waals surface area contributed by atoms with Gasteiger partial charge in [0.25, 0.3) is 5.91 Å². The molecule has 2 atom stereocenters. The molecule has 2 heterocycles. The van der Waals surface area contributed by atoms with Crippen LogP contribution in [0.2, 0.25) is 0 Å². The molecular weight excluding hydrogens is 282 g/mol. The molecular formula is C12H13N3O4S. The largest absolute Gasteiger partial charge is 0.390 e. The lowest BCUT2D eigenvalue weighted by molar-refractivity contribution is 0.0880. The number of hydrogen-bond donors (Lipinski definition) is 3. The van der Waals surface area contributed by atoms with Gasteiger partial charge < -0.3 is 15.4 Å². The minimum atomic E-state index is -3.29. The number of aromatic nitrogens is 2. The van der Waals surface area contributed by atoms with Crippen molar-refractivity contribution < 1.29 is 18.3 Å². The van der Waals surface area contributed by atoms with Crippen molar-refractivity contribution in [3.63, 3.8) is 0 Å². The van der Waals surface area contributed by atoms with Gasteiger partial charge in [0.05, 0.1) is 34.7 Å². The number of fused-ring (bicyclic) bond motifs is 1. The quantitative estimate of drug-likeness (QED) is 0.688. The molecule has 2 aromatic rings. The second kappa shape index (κ2) is 4.57. The van der Waals surface area contributed by atoms with Crippen LogP contribution in [0.25, 0.3) is 11.0 Å². The van der Waals surface area contributed by atoms with Crippen molar-refractivity contribution >= 4 is 26.8 Å². The van der Waals surface area contributed by atoms with Gasteiger partial charge in [0.15, 0.2) is 15.7 Å². The molecule has 8 heteroatoms. The van der Waals surface area contributed by atoms with Gasteiger partial charge in [-0.3, -0.25) is 4.79 Å². The second-order valence-corrected chi connectivity index (χ2v) is 6.98. The Bertz CT molecular complexity index is 735. The van der Waals surface area contributed by atoms with Gasteiger partial charge >= 0.3 is 0 Å². The molecule has 0 saturated carbocycles. The third kappa shape index (κ3) is 2.39. The molecule has 0 bridgehead atoms. The number of benzene rings is 1. The summed E-state index contributed by atoms with van der Waals surface area (Å²) in [6, 6.07) is 6.37. The van der Waals surface area contributed by atoms with Crippen molar-refractivity contribution in [2.75, 3.05) is 11.5 Å². The van der Waals surface area contributed by atoms with Crippen LogP contribution in [0.15, 0.2) is 24.3 Å². The molecule has 0 spiro atoms. The lowest BCUT2D eigenvalue weighted by atomic mass is 10.2. The average molecular weight is 295 g/mol. The van der Waals surface area contributed by atoms with Crippen LogP contribution in [-0.2, 0) is 9.84 Å². The molecule has 1 aliphatic rings. The molecule has 1 aliphatic heterocycles. The number of rotatable bonds is 2. The molecule has 1 amide bonds. The Balaban J connectivity index is 1.79. The highest BCUT2D eigenvalue weighted by Crippen LogP contribution is 2.14. The fraction of sp³-hybridized carbons (Fsp3) is 0.333. The Morgan fingerprint density at radius 1 is 1.35 bits per heavy atom. The Morgan fingerprint density at radius 3 is 2.75 bits per heavy atom. The van der Waals surface area contributed by atoms with E-state index in [0.717, 1.165) is 5.52 Å². The van der Waals surface area contributed by atoms with Gasteiger partial charge in [-0.15, -0.1) is 0 Å². The molecule has 3 N–H and O–H groups in total. The minimum Gasteiger partial charge on any atom is -0.390 e. The number of sulfone groups is 1. The summed E-state index contributed by atoms with van der Waals surface area (Å²) in [6.07, 6.45) is -1.08. The van der Waals surface area contributed by atoms with Crippen LogP contribution in [0.4, 0.5) is 0 Å². The maximum Gasteiger partial charge on any atom is 0.287 e. The molecule has 1 saturated heterocycles. The van der Waals surface area contributed by atoms with Crippen molar-refractivity contribution in [3.05, 3.63) is 30.1 Å². The molecule has 1 aromatic carbocycles. The highest BCUT2D eigenvalue weighted by atomic mass is 32.2. The zero-order chi connectivity index (χ0) is 14.3. The number of carbonyl (C=O) groups excluding carboxylic acids is 1. The van der Waals surface area contributed by atoms with Gasteiger partial charge in [0.2, 0.25) is 0 Å². The normalized spacial score (nSPS) is 24.9. The van der Waals surface area contributed by atoms with E-state index in [1.807, 2.05) is 6.07 Å². The summed E-state index contributed by atoms with van der Waals surface area (Å²) in [4.78, 5) is 19.0. The first-order valence-electron chi connectivity index (χ1n) is 6.09. The summed E-state index contributed by atoms with van der Waals surface area (Å²) in [6.45, 7) is 0. The van der Waals surface area contributed by atoms with E-state index in [-0.39, 0.29) is 17.3 Å². The number of amides is 1. The lowest BCUT2D eigenvalue weighted by Gasteiger charge is -2.13. The third-order valence-electron chi connectivity index (χ3n) is 3.24. The summed E-state index contributed by atoms with van der Waals surface area (Å²) < 4.78 is 22.8. The summed E-state index contributed by atoms with van der Waals surface area (Å²) in [7, 11) is -3.29. The number of aliphatic hydroxyl groups is 1. The van der Waals surface area contributed by atoms with E-state index in [1.54, 1.807) is 18.2 Å². The van der Waals surface area contributed by atoms with Crippen molar-refractivity contribution in [3.8, 4) is 0 Å². The van der Waals surface area contributed by atoms with Crippen LogP contribution >= 0.6 is 0 Å². The highest BCUT2D eigenvalue weighted by Gasteiger charge is 2.37. The van der Waals surface area contributed by atoms with Gasteiger partial charge in [0.1, 0.15) is 0 Å². The van der Waals surface area contributed by atoms with Crippen molar-refractivity contribution in [2.24, 2.45) is 0 Å². The first-order chi connectivity index (χ1) is 9.44. The number of para-hydroxylation sites is 2. The minimum absolute atomic E-state index is 0.0997. The number of nitrogens with zero attached hydrogens (tertiary/aromatic N) is 1. The smallest absolute Gasteiger partial charge is 0.287 e. The number of aromatic amines is 1. The van der Waals surface area contributed by atoms with Crippen LogP contribution in [0.3, 0.4) is 0 Å². The van der Waals surface area contributed by atoms with E-state index >= 15 is 0 Å². The molecule has 106 valence electrons. The van der Waals surface area contributed by atoms with Crippen LogP contribution < -0.4 is 5.32 Å². The Kier molecular flexibility index (Phi) is 2.98. The highest BCUT2D eigenvalue weighted by molar-refractivity contribution is 7.91. The molecule has 3 rings (SSSR count). The third-order valence-corrected chi connectivity index (χ3v) is 4.96. The van der Waals surface area contributed by atoms with Crippen molar-refractivity contribution in [1.82, 2.24) is 15.3 Å². The summed E-state index contributed by atoms with van der Waals surface area (Å²) in [5.41, 5.74) is 1.37. The fourth-order valence-corrected chi connectivity index (χ4v) is 4.01. The molecule has 0 unspecified atom stereocenters. The van der Waals surface area contributed by atoms with Gasteiger partial charge in [-0.2, -0.15) is 0 Å². The van der Waals surface area contributed by atoms with Crippen LogP contribution in [-0.4, -0.2) is 53.1 Å². The molecule has 7 nitrogen and oxygen atoms in total. The molecule has 1 aromatic heterocycles. The van der Waals surface area contributed by atoms with E-state index in [0.29, 0.717) is 5.52 Å². The summed E-state index contributed by atoms with van der Waals surface area (Å²) >= 11 is 0. The van der Waals surface area contributed by atoms with Crippen LogP contribution in [0.5, 0.6) is 0 Å². The first-order valence-corrected chi connectivity index (χ1v) is 7.91. The standard InChI is InChI=1S/C12H13N3O4S/c16-10-6-20(18,19)5-9(10)15-12(17)11-13-7-3-1-2-4-8(7)14-11/h1-4,9-10,16H,5-6H2,(H,13,14)(H,15,17)/t9-,10-/m1/s1. The maximum absolute atomic E-state index is 12.0. The van der Waals surface area contributed by atoms with E-state index in [9.17, 15) is 18.3 Å². The topological polar surface area (TPSA) is 112 Å². The van der Waals surface area contributed by atoms with E-state index < -0.39 is 27.9 Å². The Labute approximate surface area is 114 Å². The van der Waals surface area contributed by atoms with E-state index in [4.69, 9.17) is 0 Å². The zero-order valence-electron chi connectivity index (χ0n) is 10.4. The van der Waals surface area contributed by atoms with Crippen LogP contribution in [0.1, 0.15) is 10.6 Å². The second-order valence-electron chi connectivity index (χ2n) is 4.83. The van der Waals surface area contributed by atoms with E-state index in [1.165, 1.54) is 0 Å². The fourth-order valence-electron chi connectivity index (χ4n) is 2.26. The number of aliphatic hydroxyl groups excluding tert-OH is 1. The lowest BCUT2D eigenvalue weighted by Crippen LogP contribution is -2.42. The molecule has 0 aliphatic carbocycles. The molecule has 20 heavy (non-hydrogen) atoms. The molecule has 0 radical (unpaired) electrons. The summed E-state index contributed by atoms with van der Waals surface area (Å²) in [5, 5.41) is 12.1.